The number of aliphatic hydroxyl groups is 1. The Morgan fingerprint density at radius 2 is 1.95 bits per heavy atom. The Kier molecular flexibility index (Phi) is 6.10. The third-order valence-corrected chi connectivity index (χ3v) is 6.54. The summed E-state index contributed by atoms with van der Waals surface area (Å²) in [6.07, 6.45) is 1.36. The van der Waals surface area contributed by atoms with Crippen molar-refractivity contribution in [3.63, 3.8) is 0 Å². The van der Waals surface area contributed by atoms with Gasteiger partial charge in [-0.1, -0.05) is 37.0 Å². The van der Waals surface area contributed by atoms with Crippen LogP contribution in [0.25, 0.3) is 0 Å². The second-order valence-corrected chi connectivity index (χ2v) is 8.40. The van der Waals surface area contributed by atoms with E-state index < -0.39 is 15.4 Å². The summed E-state index contributed by atoms with van der Waals surface area (Å²) in [5, 5.41) is 9.42. The molecule has 1 rings (SSSR count). The minimum Gasteiger partial charge on any atom is -0.396 e. The van der Waals surface area contributed by atoms with Crippen molar-refractivity contribution in [2.45, 2.75) is 31.6 Å². The number of halogens is 2. The summed E-state index contributed by atoms with van der Waals surface area (Å²) < 4.78 is 27.2. The van der Waals surface area contributed by atoms with Gasteiger partial charge in [-0.15, -0.1) is 11.3 Å². The van der Waals surface area contributed by atoms with Crippen LogP contribution in [0.4, 0.5) is 0 Å². The summed E-state index contributed by atoms with van der Waals surface area (Å²) in [7, 11) is -3.70. The molecule has 2 N–H and O–H groups in total. The smallest absolute Gasteiger partial charge is 0.242 e. The molecule has 0 amide bonds. The van der Waals surface area contributed by atoms with Crippen LogP contribution >= 0.6 is 34.5 Å². The maximum absolute atomic E-state index is 12.1. The molecule has 0 saturated heterocycles. The molecule has 0 aromatic carbocycles. The van der Waals surface area contributed by atoms with Gasteiger partial charge in [-0.2, -0.15) is 0 Å². The highest BCUT2D eigenvalue weighted by atomic mass is 35.5. The highest BCUT2D eigenvalue weighted by Gasteiger charge is 2.29. The second-order valence-electron chi connectivity index (χ2n) is 4.38. The van der Waals surface area contributed by atoms with E-state index in [1.54, 1.807) is 0 Å². The fourth-order valence-electron chi connectivity index (χ4n) is 1.61. The van der Waals surface area contributed by atoms with Crippen molar-refractivity contribution in [2.75, 3.05) is 13.2 Å². The van der Waals surface area contributed by atoms with Gasteiger partial charge in [0.25, 0.3) is 0 Å². The SMILES string of the molecule is CCC(CC)(CO)CNS(=O)(=O)c1cc(Cl)sc1Cl. The largest absolute Gasteiger partial charge is 0.396 e. The second kappa shape index (κ2) is 6.74. The van der Waals surface area contributed by atoms with Crippen LogP contribution in [0.5, 0.6) is 0 Å². The molecule has 0 aliphatic rings. The van der Waals surface area contributed by atoms with Crippen LogP contribution in [0, 0.1) is 5.41 Å². The average Bonchev–Trinajstić information content (AvgIpc) is 2.72. The molecular weight excluding hydrogens is 329 g/mol. The van der Waals surface area contributed by atoms with Crippen LogP contribution in [-0.4, -0.2) is 26.7 Å². The fraction of sp³-hybridized carbons (Fsp3) is 0.636. The Hall–Kier alpha value is 0.150. The highest BCUT2D eigenvalue weighted by Crippen LogP contribution is 2.34. The lowest BCUT2D eigenvalue weighted by molar-refractivity contribution is 0.119. The van der Waals surface area contributed by atoms with Crippen molar-refractivity contribution in [3.8, 4) is 0 Å². The zero-order valence-corrected chi connectivity index (χ0v) is 13.9. The predicted molar refractivity (Wildman–Crippen MR) is 79.6 cm³/mol. The van der Waals surface area contributed by atoms with Crippen molar-refractivity contribution in [1.82, 2.24) is 4.72 Å². The van der Waals surface area contributed by atoms with E-state index >= 15 is 0 Å². The van der Waals surface area contributed by atoms with Crippen molar-refractivity contribution in [1.29, 1.82) is 0 Å². The van der Waals surface area contributed by atoms with Gasteiger partial charge in [-0.25, -0.2) is 13.1 Å². The molecule has 0 atom stereocenters. The molecule has 1 aromatic heterocycles. The molecule has 110 valence electrons. The average molecular weight is 346 g/mol. The van der Waals surface area contributed by atoms with E-state index in [0.717, 1.165) is 11.3 Å². The van der Waals surface area contributed by atoms with E-state index in [4.69, 9.17) is 23.2 Å². The number of aliphatic hydroxyl groups excluding tert-OH is 1. The monoisotopic (exact) mass is 345 g/mol. The van der Waals surface area contributed by atoms with E-state index in [0.29, 0.717) is 17.2 Å². The van der Waals surface area contributed by atoms with Gasteiger partial charge in [0.15, 0.2) is 0 Å². The van der Waals surface area contributed by atoms with Gasteiger partial charge in [0.05, 0.1) is 4.34 Å². The molecule has 8 heteroatoms. The van der Waals surface area contributed by atoms with Crippen LogP contribution < -0.4 is 4.72 Å². The summed E-state index contributed by atoms with van der Waals surface area (Å²) in [4.78, 5) is -0.0109. The minimum absolute atomic E-state index is 0.0109. The molecule has 4 nitrogen and oxygen atoms in total. The van der Waals surface area contributed by atoms with Gasteiger partial charge in [0, 0.05) is 18.6 Å². The van der Waals surface area contributed by atoms with Gasteiger partial charge < -0.3 is 5.11 Å². The quantitative estimate of drug-likeness (QED) is 0.797. The van der Waals surface area contributed by atoms with Crippen LogP contribution in [0.2, 0.25) is 8.67 Å². The first-order valence-electron chi connectivity index (χ1n) is 5.85. The fourth-order valence-corrected chi connectivity index (χ4v) is 4.92. The molecule has 19 heavy (non-hydrogen) atoms. The van der Waals surface area contributed by atoms with Gasteiger partial charge in [0.1, 0.15) is 9.23 Å². The van der Waals surface area contributed by atoms with Crippen LogP contribution in [0.3, 0.4) is 0 Å². The van der Waals surface area contributed by atoms with Crippen molar-refractivity contribution < 1.29 is 13.5 Å². The Labute approximate surface area is 127 Å². The number of hydrogen-bond donors (Lipinski definition) is 2. The van der Waals surface area contributed by atoms with E-state index in [2.05, 4.69) is 4.72 Å². The molecule has 1 aromatic rings. The number of rotatable bonds is 7. The molecule has 0 spiro atoms. The van der Waals surface area contributed by atoms with Crippen molar-refractivity contribution in [2.24, 2.45) is 5.41 Å². The maximum Gasteiger partial charge on any atom is 0.242 e. The molecule has 0 aliphatic carbocycles. The number of hydrogen-bond acceptors (Lipinski definition) is 4. The number of thiophene rings is 1. The predicted octanol–water partition coefficient (Wildman–Crippen LogP) is 3.13. The van der Waals surface area contributed by atoms with Crippen molar-refractivity contribution >= 4 is 44.6 Å². The minimum atomic E-state index is -3.70. The van der Waals surface area contributed by atoms with E-state index in [1.807, 2.05) is 13.8 Å². The van der Waals surface area contributed by atoms with Gasteiger partial charge in [-0.3, -0.25) is 0 Å². The summed E-state index contributed by atoms with van der Waals surface area (Å²) >= 11 is 12.6. The van der Waals surface area contributed by atoms with Crippen LogP contribution in [0.1, 0.15) is 26.7 Å². The first-order valence-corrected chi connectivity index (χ1v) is 8.91. The summed E-state index contributed by atoms with van der Waals surface area (Å²) in [6, 6.07) is 1.33. The molecule has 0 aliphatic heterocycles. The molecule has 0 radical (unpaired) electrons. The molecule has 0 fully saturated rings. The maximum atomic E-state index is 12.1. The van der Waals surface area contributed by atoms with Gasteiger partial charge >= 0.3 is 0 Å². The number of nitrogens with one attached hydrogen (secondary N) is 1. The Balaban J connectivity index is 2.90. The van der Waals surface area contributed by atoms with Crippen molar-refractivity contribution in [3.05, 3.63) is 14.7 Å². The Morgan fingerprint density at radius 3 is 2.32 bits per heavy atom. The van der Waals surface area contributed by atoms with E-state index in [9.17, 15) is 13.5 Å². The molecular formula is C11H17Cl2NO3S2. The topological polar surface area (TPSA) is 66.4 Å². The standard InChI is InChI=1S/C11H17Cl2NO3S2/c1-3-11(4-2,7-15)6-14-19(16,17)8-5-9(12)18-10(8)13/h5,14-15H,3-4,6-7H2,1-2H3. The summed E-state index contributed by atoms with van der Waals surface area (Å²) in [6.45, 7) is 3.94. The first kappa shape index (κ1) is 17.2. The summed E-state index contributed by atoms with van der Waals surface area (Å²) in [5.74, 6) is 0. The highest BCUT2D eigenvalue weighted by molar-refractivity contribution is 7.89. The lowest BCUT2D eigenvalue weighted by Gasteiger charge is -2.29. The lowest BCUT2D eigenvalue weighted by Crippen LogP contribution is -2.39. The number of sulfonamides is 1. The zero-order valence-electron chi connectivity index (χ0n) is 10.7. The first-order chi connectivity index (χ1) is 8.80. The van der Waals surface area contributed by atoms with Crippen LogP contribution in [-0.2, 0) is 10.0 Å². The third kappa shape index (κ3) is 4.06. The zero-order chi connectivity index (χ0) is 14.7. The Bertz CT molecular complexity index is 516. The van der Waals surface area contributed by atoms with E-state index in [-0.39, 0.29) is 22.4 Å². The third-order valence-electron chi connectivity index (χ3n) is 3.39. The molecule has 0 bridgehead atoms. The molecule has 1 heterocycles. The lowest BCUT2D eigenvalue weighted by atomic mass is 9.84. The Morgan fingerprint density at radius 1 is 1.37 bits per heavy atom. The van der Waals surface area contributed by atoms with E-state index in [1.165, 1.54) is 6.07 Å². The molecule has 0 saturated carbocycles. The van der Waals surface area contributed by atoms with Crippen LogP contribution in [0.15, 0.2) is 11.0 Å². The summed E-state index contributed by atoms with van der Waals surface area (Å²) in [5.41, 5.74) is -0.445. The van der Waals surface area contributed by atoms with Gasteiger partial charge in [-0.05, 0) is 18.9 Å². The van der Waals surface area contributed by atoms with Gasteiger partial charge in [0.2, 0.25) is 10.0 Å². The molecule has 0 unspecified atom stereocenters. The normalized spacial score (nSPS) is 12.9.